The van der Waals surface area contributed by atoms with Crippen LogP contribution in [-0.4, -0.2) is 14.1 Å². The average molecular weight is 368 g/mol. The fourth-order valence-electron chi connectivity index (χ4n) is 2.24. The van der Waals surface area contributed by atoms with Crippen LogP contribution >= 0.6 is 27.5 Å². The molecular weight excluding hydrogens is 348 g/mol. The molecular formula is C17H20BrClN2. The first kappa shape index (κ1) is 16.3. The molecule has 4 heteroatoms. The molecule has 0 heterocycles. The molecule has 1 unspecified atom stereocenters. The quantitative estimate of drug-likeness (QED) is 0.798. The topological polar surface area (TPSA) is 15.3 Å². The van der Waals surface area contributed by atoms with Crippen LogP contribution in [0.15, 0.2) is 46.9 Å². The molecule has 0 spiro atoms. The highest BCUT2D eigenvalue weighted by atomic mass is 79.9. The lowest BCUT2D eigenvalue weighted by Gasteiger charge is -2.22. The number of anilines is 1. The summed E-state index contributed by atoms with van der Waals surface area (Å²) in [6.07, 6.45) is 0. The summed E-state index contributed by atoms with van der Waals surface area (Å²) in [6, 6.07) is 14.8. The van der Waals surface area contributed by atoms with Crippen LogP contribution in [0.2, 0.25) is 5.02 Å². The number of hydrogen-bond donors (Lipinski definition) is 1. The standard InChI is InChI=1S/C17H20BrClN2/c1-12(20-2)13-8-9-17(15(18)10-13)21(3)11-14-6-4-5-7-16(14)19/h4-10,12,20H,11H2,1-3H3. The Kier molecular flexibility index (Phi) is 5.68. The molecule has 0 amide bonds. The minimum absolute atomic E-state index is 0.337. The van der Waals surface area contributed by atoms with Crippen molar-refractivity contribution in [1.29, 1.82) is 0 Å². The van der Waals surface area contributed by atoms with Crippen LogP contribution in [0.4, 0.5) is 5.69 Å². The van der Waals surface area contributed by atoms with Gasteiger partial charge < -0.3 is 10.2 Å². The zero-order valence-electron chi connectivity index (χ0n) is 12.5. The van der Waals surface area contributed by atoms with E-state index in [9.17, 15) is 0 Å². The summed E-state index contributed by atoms with van der Waals surface area (Å²) in [6.45, 7) is 2.92. The minimum Gasteiger partial charge on any atom is -0.369 e. The smallest absolute Gasteiger partial charge is 0.0511 e. The van der Waals surface area contributed by atoms with Crippen LogP contribution in [0.5, 0.6) is 0 Å². The summed E-state index contributed by atoms with van der Waals surface area (Å²) >= 11 is 9.91. The first-order valence-electron chi connectivity index (χ1n) is 6.94. The molecule has 1 atom stereocenters. The molecule has 0 aliphatic rings. The van der Waals surface area contributed by atoms with Gasteiger partial charge in [-0.25, -0.2) is 0 Å². The van der Waals surface area contributed by atoms with Gasteiger partial charge in [0.25, 0.3) is 0 Å². The van der Waals surface area contributed by atoms with Crippen LogP contribution in [0, 0.1) is 0 Å². The van der Waals surface area contributed by atoms with Crippen LogP contribution < -0.4 is 10.2 Å². The maximum atomic E-state index is 6.23. The SMILES string of the molecule is CNC(C)c1ccc(N(C)Cc2ccccc2Cl)c(Br)c1. The van der Waals surface area contributed by atoms with Crippen LogP contribution in [0.25, 0.3) is 0 Å². The second-order valence-corrected chi connectivity index (χ2v) is 6.43. The van der Waals surface area contributed by atoms with Crippen molar-refractivity contribution in [2.75, 3.05) is 19.0 Å². The largest absolute Gasteiger partial charge is 0.369 e. The average Bonchev–Trinajstić information content (AvgIpc) is 2.48. The van der Waals surface area contributed by atoms with E-state index in [0.717, 1.165) is 27.3 Å². The summed E-state index contributed by atoms with van der Waals surface area (Å²) in [7, 11) is 4.04. The van der Waals surface area contributed by atoms with Crippen LogP contribution in [-0.2, 0) is 6.54 Å². The maximum Gasteiger partial charge on any atom is 0.0511 e. The van der Waals surface area contributed by atoms with E-state index in [0.29, 0.717) is 6.04 Å². The van der Waals surface area contributed by atoms with Crippen molar-refractivity contribution in [3.8, 4) is 0 Å². The summed E-state index contributed by atoms with van der Waals surface area (Å²) in [5, 5.41) is 4.06. The van der Waals surface area contributed by atoms with Crippen LogP contribution in [0.3, 0.4) is 0 Å². The first-order valence-corrected chi connectivity index (χ1v) is 8.11. The third-order valence-corrected chi connectivity index (χ3v) is 4.69. The first-order chi connectivity index (χ1) is 10.0. The summed E-state index contributed by atoms with van der Waals surface area (Å²) in [5.41, 5.74) is 3.54. The number of hydrogen-bond acceptors (Lipinski definition) is 2. The number of nitrogens with one attached hydrogen (secondary N) is 1. The van der Waals surface area contributed by atoms with E-state index in [1.54, 1.807) is 0 Å². The Morgan fingerprint density at radius 2 is 1.95 bits per heavy atom. The Labute approximate surface area is 140 Å². The lowest BCUT2D eigenvalue weighted by Crippen LogP contribution is -2.18. The van der Waals surface area contributed by atoms with Crippen molar-refractivity contribution in [2.24, 2.45) is 0 Å². The predicted octanol–water partition coefficient (Wildman–Crippen LogP) is 5.02. The molecule has 0 fully saturated rings. The molecule has 0 aromatic heterocycles. The van der Waals surface area contributed by atoms with Gasteiger partial charge >= 0.3 is 0 Å². The molecule has 0 radical (unpaired) electrons. The van der Waals surface area contributed by atoms with Gasteiger partial charge in [-0.15, -0.1) is 0 Å². The Hall–Kier alpha value is -1.03. The molecule has 21 heavy (non-hydrogen) atoms. The lowest BCUT2D eigenvalue weighted by molar-refractivity contribution is 0.652. The molecule has 0 saturated carbocycles. The minimum atomic E-state index is 0.337. The molecule has 112 valence electrons. The van der Waals surface area contributed by atoms with Gasteiger partial charge in [-0.05, 0) is 59.2 Å². The highest BCUT2D eigenvalue weighted by molar-refractivity contribution is 9.10. The van der Waals surface area contributed by atoms with E-state index in [-0.39, 0.29) is 0 Å². The van der Waals surface area contributed by atoms with E-state index < -0.39 is 0 Å². The summed E-state index contributed by atoms with van der Waals surface area (Å²) in [4.78, 5) is 2.19. The van der Waals surface area contributed by atoms with Crippen molar-refractivity contribution in [3.05, 3.63) is 63.1 Å². The number of rotatable bonds is 5. The van der Waals surface area contributed by atoms with Gasteiger partial charge in [-0.1, -0.05) is 35.9 Å². The van der Waals surface area contributed by atoms with Crippen molar-refractivity contribution in [2.45, 2.75) is 19.5 Å². The molecule has 2 aromatic carbocycles. The molecule has 0 bridgehead atoms. The zero-order chi connectivity index (χ0) is 15.4. The van der Waals surface area contributed by atoms with E-state index in [2.05, 4.69) is 64.4 Å². The normalized spacial score (nSPS) is 12.2. The van der Waals surface area contributed by atoms with Gasteiger partial charge in [0.2, 0.25) is 0 Å². The van der Waals surface area contributed by atoms with E-state index >= 15 is 0 Å². The third-order valence-electron chi connectivity index (χ3n) is 3.68. The van der Waals surface area contributed by atoms with E-state index in [4.69, 9.17) is 11.6 Å². The Morgan fingerprint density at radius 3 is 2.57 bits per heavy atom. The predicted molar refractivity (Wildman–Crippen MR) is 95.2 cm³/mol. The highest BCUT2D eigenvalue weighted by Gasteiger charge is 2.11. The van der Waals surface area contributed by atoms with E-state index in [1.807, 2.05) is 25.2 Å². The van der Waals surface area contributed by atoms with Crippen LogP contribution in [0.1, 0.15) is 24.1 Å². The molecule has 0 saturated heterocycles. The number of nitrogens with zero attached hydrogens (tertiary/aromatic N) is 1. The Bertz CT molecular complexity index is 615. The van der Waals surface area contributed by atoms with Crippen molar-refractivity contribution >= 4 is 33.2 Å². The summed E-state index contributed by atoms with van der Waals surface area (Å²) in [5.74, 6) is 0. The third kappa shape index (κ3) is 4.00. The number of benzene rings is 2. The van der Waals surface area contributed by atoms with Crippen molar-refractivity contribution in [1.82, 2.24) is 5.32 Å². The van der Waals surface area contributed by atoms with Gasteiger partial charge in [0.1, 0.15) is 0 Å². The van der Waals surface area contributed by atoms with Gasteiger partial charge in [0, 0.05) is 29.1 Å². The monoisotopic (exact) mass is 366 g/mol. The van der Waals surface area contributed by atoms with E-state index in [1.165, 1.54) is 5.56 Å². The fraction of sp³-hybridized carbons (Fsp3) is 0.294. The maximum absolute atomic E-state index is 6.23. The molecule has 1 N–H and O–H groups in total. The zero-order valence-corrected chi connectivity index (χ0v) is 14.9. The van der Waals surface area contributed by atoms with Crippen molar-refractivity contribution < 1.29 is 0 Å². The second kappa shape index (κ2) is 7.30. The fourth-order valence-corrected chi connectivity index (χ4v) is 3.13. The van der Waals surface area contributed by atoms with Crippen molar-refractivity contribution in [3.63, 3.8) is 0 Å². The molecule has 0 aliphatic carbocycles. The van der Waals surface area contributed by atoms with Gasteiger partial charge in [-0.2, -0.15) is 0 Å². The molecule has 2 rings (SSSR count). The van der Waals surface area contributed by atoms with Gasteiger partial charge in [-0.3, -0.25) is 0 Å². The second-order valence-electron chi connectivity index (χ2n) is 5.17. The Balaban J connectivity index is 2.20. The number of halogens is 2. The molecule has 2 nitrogen and oxygen atoms in total. The lowest BCUT2D eigenvalue weighted by atomic mass is 10.1. The highest BCUT2D eigenvalue weighted by Crippen LogP contribution is 2.30. The molecule has 0 aliphatic heterocycles. The summed E-state index contributed by atoms with van der Waals surface area (Å²) < 4.78 is 1.09. The molecule has 2 aromatic rings. The van der Waals surface area contributed by atoms with Gasteiger partial charge in [0.05, 0.1) is 5.69 Å². The Morgan fingerprint density at radius 1 is 1.24 bits per heavy atom. The van der Waals surface area contributed by atoms with Gasteiger partial charge in [0.15, 0.2) is 0 Å².